The fourth-order valence-corrected chi connectivity index (χ4v) is 4.50. The zero-order valence-corrected chi connectivity index (χ0v) is 18.9. The highest BCUT2D eigenvalue weighted by atomic mass is 127. The number of hydrogen-bond donors (Lipinski definition) is 2. The Kier molecular flexibility index (Phi) is 7.96. The number of hydrogen-bond acceptors (Lipinski definition) is 4. The molecule has 1 unspecified atom stereocenters. The molecule has 1 aromatic rings. The maximum absolute atomic E-state index is 12.4. The molecule has 1 aromatic carbocycles. The summed E-state index contributed by atoms with van der Waals surface area (Å²) in [6.45, 7) is 6.61. The first-order valence-corrected chi connectivity index (χ1v) is 10.1. The van der Waals surface area contributed by atoms with Crippen LogP contribution in [-0.2, 0) is 0 Å². The van der Waals surface area contributed by atoms with Crippen molar-refractivity contribution in [3.05, 3.63) is 35.4 Å². The van der Waals surface area contributed by atoms with Crippen LogP contribution in [0, 0.1) is 0 Å². The first-order chi connectivity index (χ1) is 12.5. The molecule has 6 nitrogen and oxygen atoms in total. The third-order valence-electron chi connectivity index (χ3n) is 4.72. The number of halogens is 1. The fraction of sp³-hybridized carbons (Fsp3) is 0.526. The van der Waals surface area contributed by atoms with E-state index in [1.165, 1.54) is 23.5 Å². The molecule has 2 amide bonds. The highest BCUT2D eigenvalue weighted by molar-refractivity contribution is 14.0. The smallest absolute Gasteiger partial charge is 0.261 e. The molecule has 0 aromatic heterocycles. The standard InChI is InChI=1S/C19H26N4O2S.HI/c1-3-20-18(22-13-19(2)9-6-12-26-19)21-10-11-23-16(24)14-7-4-5-8-15(14)17(23)25;/h4-5,7-8H,3,6,9-13H2,1-2H3,(H2,20,21,22);1H. The second-order valence-corrected chi connectivity index (χ2v) is 8.51. The molecular formula is C19H27IN4O2S. The molecule has 27 heavy (non-hydrogen) atoms. The highest BCUT2D eigenvalue weighted by Crippen LogP contribution is 2.37. The minimum absolute atomic E-state index is 0. The lowest BCUT2D eigenvalue weighted by molar-refractivity contribution is 0.0657. The summed E-state index contributed by atoms with van der Waals surface area (Å²) < 4.78 is 0.213. The number of nitrogens with zero attached hydrogens (tertiary/aromatic N) is 2. The second-order valence-electron chi connectivity index (χ2n) is 6.83. The van der Waals surface area contributed by atoms with E-state index in [9.17, 15) is 9.59 Å². The number of rotatable bonds is 6. The number of carbonyl (C=O) groups is 2. The molecule has 2 heterocycles. The molecule has 1 saturated heterocycles. The van der Waals surface area contributed by atoms with Gasteiger partial charge in [-0.25, -0.2) is 0 Å². The van der Waals surface area contributed by atoms with E-state index in [0.717, 1.165) is 19.0 Å². The average molecular weight is 502 g/mol. The lowest BCUT2D eigenvalue weighted by atomic mass is 10.1. The number of fused-ring (bicyclic) bond motifs is 1. The van der Waals surface area contributed by atoms with Crippen LogP contribution < -0.4 is 10.6 Å². The zero-order chi connectivity index (χ0) is 18.6. The molecule has 1 fully saturated rings. The summed E-state index contributed by atoms with van der Waals surface area (Å²) in [4.78, 5) is 30.8. The molecule has 2 N–H and O–H groups in total. The Hall–Kier alpha value is -1.29. The van der Waals surface area contributed by atoms with Gasteiger partial charge >= 0.3 is 0 Å². The van der Waals surface area contributed by atoms with Crippen LogP contribution in [0.5, 0.6) is 0 Å². The number of guanidine groups is 1. The van der Waals surface area contributed by atoms with Crippen molar-refractivity contribution >= 4 is 53.5 Å². The van der Waals surface area contributed by atoms with Gasteiger partial charge in [-0.05, 0) is 44.6 Å². The maximum Gasteiger partial charge on any atom is 0.261 e. The average Bonchev–Trinajstić information content (AvgIpc) is 3.18. The predicted molar refractivity (Wildman–Crippen MR) is 121 cm³/mol. The Morgan fingerprint density at radius 1 is 1.22 bits per heavy atom. The normalized spacial score (nSPS) is 21.9. The van der Waals surface area contributed by atoms with Crippen LogP contribution in [0.3, 0.4) is 0 Å². The summed E-state index contributed by atoms with van der Waals surface area (Å²) in [7, 11) is 0. The van der Waals surface area contributed by atoms with Crippen LogP contribution in [0.1, 0.15) is 47.4 Å². The largest absolute Gasteiger partial charge is 0.357 e. The molecule has 0 saturated carbocycles. The van der Waals surface area contributed by atoms with Crippen molar-refractivity contribution in [2.75, 3.05) is 31.9 Å². The molecule has 0 spiro atoms. The van der Waals surface area contributed by atoms with Gasteiger partial charge in [0.2, 0.25) is 0 Å². The minimum Gasteiger partial charge on any atom is -0.357 e. The van der Waals surface area contributed by atoms with Gasteiger partial charge in [0.1, 0.15) is 0 Å². The summed E-state index contributed by atoms with van der Waals surface area (Å²) in [5.74, 6) is 1.50. The number of carbonyl (C=O) groups excluding carboxylic acids is 2. The monoisotopic (exact) mass is 502 g/mol. The van der Waals surface area contributed by atoms with Crippen LogP contribution in [0.15, 0.2) is 29.3 Å². The van der Waals surface area contributed by atoms with E-state index in [2.05, 4.69) is 17.6 Å². The van der Waals surface area contributed by atoms with E-state index in [0.29, 0.717) is 24.2 Å². The summed E-state index contributed by atoms with van der Waals surface area (Å²) in [5.41, 5.74) is 0.980. The zero-order valence-electron chi connectivity index (χ0n) is 15.8. The summed E-state index contributed by atoms with van der Waals surface area (Å²) >= 11 is 1.98. The first kappa shape index (κ1) is 22.0. The van der Waals surface area contributed by atoms with E-state index in [-0.39, 0.29) is 40.5 Å². The number of aliphatic imine (C=N–C) groups is 1. The molecule has 0 radical (unpaired) electrons. The van der Waals surface area contributed by atoms with Crippen LogP contribution >= 0.6 is 35.7 Å². The Bertz CT molecular complexity index is 684. The van der Waals surface area contributed by atoms with E-state index in [1.807, 2.05) is 18.7 Å². The first-order valence-electron chi connectivity index (χ1n) is 9.15. The summed E-state index contributed by atoms with van der Waals surface area (Å²) in [5, 5.41) is 6.47. The quantitative estimate of drug-likeness (QED) is 0.271. The number of amides is 2. The lowest BCUT2D eigenvalue weighted by Crippen LogP contribution is -2.43. The third-order valence-corrected chi connectivity index (χ3v) is 6.25. The van der Waals surface area contributed by atoms with Crippen LogP contribution in [0.4, 0.5) is 0 Å². The molecule has 148 valence electrons. The van der Waals surface area contributed by atoms with Crippen molar-refractivity contribution in [1.29, 1.82) is 0 Å². The summed E-state index contributed by atoms with van der Waals surface area (Å²) in [6.07, 6.45) is 2.44. The van der Waals surface area contributed by atoms with Crippen molar-refractivity contribution < 1.29 is 9.59 Å². The van der Waals surface area contributed by atoms with E-state index >= 15 is 0 Å². The third kappa shape index (κ3) is 5.16. The van der Waals surface area contributed by atoms with Gasteiger partial charge in [-0.15, -0.1) is 24.0 Å². The molecule has 0 aliphatic carbocycles. The molecule has 1 atom stereocenters. The van der Waals surface area contributed by atoms with Gasteiger partial charge < -0.3 is 10.6 Å². The Morgan fingerprint density at radius 3 is 2.44 bits per heavy atom. The molecule has 8 heteroatoms. The van der Waals surface area contributed by atoms with Gasteiger partial charge in [0.15, 0.2) is 5.96 Å². The van der Waals surface area contributed by atoms with Crippen molar-refractivity contribution in [1.82, 2.24) is 15.5 Å². The molecular weight excluding hydrogens is 475 g/mol. The number of thioether (sulfide) groups is 1. The van der Waals surface area contributed by atoms with E-state index < -0.39 is 0 Å². The highest BCUT2D eigenvalue weighted by Gasteiger charge is 2.34. The van der Waals surface area contributed by atoms with Gasteiger partial charge in [-0.1, -0.05) is 12.1 Å². The SMILES string of the molecule is CCNC(=NCC1(C)CCCS1)NCCN1C(=O)c2ccccc2C1=O.I. The Morgan fingerprint density at radius 2 is 1.89 bits per heavy atom. The molecule has 2 aliphatic rings. The summed E-state index contributed by atoms with van der Waals surface area (Å²) in [6, 6.07) is 6.97. The molecule has 2 aliphatic heterocycles. The van der Waals surface area contributed by atoms with Crippen LogP contribution in [-0.4, -0.2) is 59.4 Å². The number of benzene rings is 1. The van der Waals surface area contributed by atoms with E-state index in [1.54, 1.807) is 24.3 Å². The number of imide groups is 1. The maximum atomic E-state index is 12.4. The van der Waals surface area contributed by atoms with Gasteiger partial charge in [0.25, 0.3) is 11.8 Å². The van der Waals surface area contributed by atoms with E-state index in [4.69, 9.17) is 4.99 Å². The fourth-order valence-electron chi connectivity index (χ4n) is 3.28. The topological polar surface area (TPSA) is 73.8 Å². The van der Waals surface area contributed by atoms with Crippen LogP contribution in [0.2, 0.25) is 0 Å². The Labute approximate surface area is 182 Å². The molecule has 0 bridgehead atoms. The van der Waals surface area contributed by atoms with Crippen molar-refractivity contribution in [2.24, 2.45) is 4.99 Å². The predicted octanol–water partition coefficient (Wildman–Crippen LogP) is 2.74. The van der Waals surface area contributed by atoms with Crippen molar-refractivity contribution in [2.45, 2.75) is 31.4 Å². The van der Waals surface area contributed by atoms with Crippen LogP contribution in [0.25, 0.3) is 0 Å². The Balaban J connectivity index is 0.00000261. The van der Waals surface area contributed by atoms with Gasteiger partial charge in [-0.3, -0.25) is 19.5 Å². The van der Waals surface area contributed by atoms with Gasteiger partial charge in [0.05, 0.1) is 17.7 Å². The van der Waals surface area contributed by atoms with Crippen molar-refractivity contribution in [3.63, 3.8) is 0 Å². The lowest BCUT2D eigenvalue weighted by Gasteiger charge is -2.21. The minimum atomic E-state index is -0.218. The van der Waals surface area contributed by atoms with Gasteiger partial charge in [-0.2, -0.15) is 11.8 Å². The second kappa shape index (κ2) is 9.77. The molecule has 3 rings (SSSR count). The number of nitrogens with one attached hydrogen (secondary N) is 2. The van der Waals surface area contributed by atoms with Gasteiger partial charge in [0, 0.05) is 24.4 Å². The van der Waals surface area contributed by atoms with Crippen molar-refractivity contribution in [3.8, 4) is 0 Å².